The van der Waals surface area contributed by atoms with Crippen LogP contribution in [-0.2, 0) is 11.3 Å². The lowest BCUT2D eigenvalue weighted by Crippen LogP contribution is -2.19. The van der Waals surface area contributed by atoms with Crippen LogP contribution in [0, 0.1) is 6.92 Å². The third kappa shape index (κ3) is 4.18. The zero-order chi connectivity index (χ0) is 22.8. The first-order valence-corrected chi connectivity index (χ1v) is 10.5. The molecule has 0 aliphatic rings. The van der Waals surface area contributed by atoms with E-state index in [1.807, 2.05) is 78.4 Å². The molecule has 0 aliphatic heterocycles. The summed E-state index contributed by atoms with van der Waals surface area (Å²) >= 11 is 0. The van der Waals surface area contributed by atoms with Gasteiger partial charge in [-0.25, -0.2) is 9.67 Å². The van der Waals surface area contributed by atoms with E-state index in [0.29, 0.717) is 11.4 Å². The maximum atomic E-state index is 12.6. The highest BCUT2D eigenvalue weighted by molar-refractivity contribution is 6.02. The second kappa shape index (κ2) is 8.58. The van der Waals surface area contributed by atoms with Gasteiger partial charge in [0.15, 0.2) is 0 Å². The Labute approximate surface area is 190 Å². The molecule has 0 spiro atoms. The number of anilines is 1. The second-order valence-electron chi connectivity index (χ2n) is 7.69. The zero-order valence-corrected chi connectivity index (χ0v) is 18.3. The van der Waals surface area contributed by atoms with Crippen molar-refractivity contribution in [1.29, 1.82) is 0 Å². The number of carbonyl (C=O) groups is 1. The average Bonchev–Trinajstić information content (AvgIpc) is 3.48. The summed E-state index contributed by atoms with van der Waals surface area (Å²) in [5.41, 5.74) is 4.07. The smallest absolute Gasteiger partial charge is 0.246 e. The summed E-state index contributed by atoms with van der Waals surface area (Å²) in [5, 5.41) is 13.4. The lowest BCUT2D eigenvalue weighted by Gasteiger charge is -2.10. The molecule has 8 nitrogen and oxygen atoms in total. The van der Waals surface area contributed by atoms with E-state index in [9.17, 15) is 4.79 Å². The summed E-state index contributed by atoms with van der Waals surface area (Å²) in [6.07, 6.45) is 5.43. The SMILES string of the molecule is COc1cc(-c2cn(CC(=O)Nc3cccc4ccccc34)nn2)ccc1-n1cnc(C)c1. The Kier molecular flexibility index (Phi) is 5.32. The van der Waals surface area contributed by atoms with Gasteiger partial charge in [-0.3, -0.25) is 4.79 Å². The minimum atomic E-state index is -0.175. The van der Waals surface area contributed by atoms with Crippen molar-refractivity contribution in [1.82, 2.24) is 24.5 Å². The van der Waals surface area contributed by atoms with Crippen LogP contribution < -0.4 is 10.1 Å². The maximum absolute atomic E-state index is 12.6. The summed E-state index contributed by atoms with van der Waals surface area (Å²) < 4.78 is 9.01. The number of fused-ring (bicyclic) bond motifs is 1. The molecule has 8 heteroatoms. The van der Waals surface area contributed by atoms with Gasteiger partial charge in [-0.2, -0.15) is 0 Å². The van der Waals surface area contributed by atoms with Crippen LogP contribution in [0.4, 0.5) is 5.69 Å². The minimum Gasteiger partial charge on any atom is -0.495 e. The lowest BCUT2D eigenvalue weighted by atomic mass is 10.1. The van der Waals surface area contributed by atoms with E-state index in [-0.39, 0.29) is 12.5 Å². The van der Waals surface area contributed by atoms with Crippen LogP contribution in [0.3, 0.4) is 0 Å². The number of ether oxygens (including phenoxy) is 1. The summed E-state index contributed by atoms with van der Waals surface area (Å²) in [6.45, 7) is 1.99. The van der Waals surface area contributed by atoms with Gasteiger partial charge in [0.2, 0.25) is 5.91 Å². The van der Waals surface area contributed by atoms with E-state index in [0.717, 1.165) is 33.4 Å². The molecule has 164 valence electrons. The van der Waals surface area contributed by atoms with Gasteiger partial charge in [-0.15, -0.1) is 5.10 Å². The predicted molar refractivity (Wildman–Crippen MR) is 126 cm³/mol. The van der Waals surface area contributed by atoms with Gasteiger partial charge in [0, 0.05) is 22.8 Å². The van der Waals surface area contributed by atoms with E-state index in [1.165, 1.54) is 4.68 Å². The fourth-order valence-corrected chi connectivity index (χ4v) is 3.78. The number of amides is 1. The first-order valence-electron chi connectivity index (χ1n) is 10.5. The number of aromatic nitrogens is 5. The number of methoxy groups -OCH3 is 1. The van der Waals surface area contributed by atoms with Crippen molar-refractivity contribution in [2.75, 3.05) is 12.4 Å². The molecule has 3 aromatic carbocycles. The van der Waals surface area contributed by atoms with Crippen molar-refractivity contribution < 1.29 is 9.53 Å². The van der Waals surface area contributed by atoms with Crippen molar-refractivity contribution in [2.45, 2.75) is 13.5 Å². The Bertz CT molecular complexity index is 1450. The maximum Gasteiger partial charge on any atom is 0.246 e. The predicted octanol–water partition coefficient (Wildman–Crippen LogP) is 4.24. The molecule has 0 bridgehead atoms. The fourth-order valence-electron chi connectivity index (χ4n) is 3.78. The molecule has 0 saturated carbocycles. The topological polar surface area (TPSA) is 86.9 Å². The highest BCUT2D eigenvalue weighted by Gasteiger charge is 2.13. The summed E-state index contributed by atoms with van der Waals surface area (Å²) in [5.74, 6) is 0.513. The Hall–Kier alpha value is -4.46. The van der Waals surface area contributed by atoms with Crippen LogP contribution >= 0.6 is 0 Å². The number of nitrogens with zero attached hydrogens (tertiary/aromatic N) is 5. The number of benzene rings is 3. The Morgan fingerprint density at radius 3 is 2.73 bits per heavy atom. The highest BCUT2D eigenvalue weighted by atomic mass is 16.5. The van der Waals surface area contributed by atoms with Crippen LogP contribution in [-0.4, -0.2) is 37.6 Å². The first kappa shape index (κ1) is 20.4. The summed E-state index contributed by atoms with van der Waals surface area (Å²) in [4.78, 5) is 16.9. The number of nitrogens with one attached hydrogen (secondary N) is 1. The molecule has 0 aliphatic carbocycles. The van der Waals surface area contributed by atoms with Crippen molar-refractivity contribution >= 4 is 22.4 Å². The minimum absolute atomic E-state index is 0.0553. The normalized spacial score (nSPS) is 11.0. The molecule has 0 atom stereocenters. The van der Waals surface area contributed by atoms with Crippen LogP contribution in [0.5, 0.6) is 5.75 Å². The molecule has 33 heavy (non-hydrogen) atoms. The number of hydrogen-bond donors (Lipinski definition) is 1. The molecule has 0 fully saturated rings. The van der Waals surface area contributed by atoms with E-state index < -0.39 is 0 Å². The molecule has 2 heterocycles. The van der Waals surface area contributed by atoms with E-state index in [4.69, 9.17) is 4.74 Å². The van der Waals surface area contributed by atoms with Gasteiger partial charge in [0.25, 0.3) is 0 Å². The monoisotopic (exact) mass is 438 g/mol. The standard InChI is InChI=1S/C25H22N6O2/c1-17-13-30(16-26-17)23-11-10-19(12-24(23)33-2)22-14-31(29-28-22)15-25(32)27-21-9-5-7-18-6-3-4-8-20(18)21/h3-14,16H,15H2,1-2H3,(H,27,32). The van der Waals surface area contributed by atoms with Crippen molar-refractivity contribution in [3.63, 3.8) is 0 Å². The molecule has 0 saturated heterocycles. The number of carbonyl (C=O) groups excluding carboxylic acids is 1. The molecule has 5 aromatic rings. The van der Waals surface area contributed by atoms with E-state index in [1.54, 1.807) is 19.6 Å². The van der Waals surface area contributed by atoms with Gasteiger partial charge in [0.05, 0.1) is 31.0 Å². The van der Waals surface area contributed by atoms with Gasteiger partial charge in [0.1, 0.15) is 18.0 Å². The molecule has 0 unspecified atom stereocenters. The second-order valence-corrected chi connectivity index (χ2v) is 7.69. The Morgan fingerprint density at radius 2 is 1.91 bits per heavy atom. The van der Waals surface area contributed by atoms with Crippen molar-refractivity contribution in [3.8, 4) is 22.7 Å². The summed E-state index contributed by atoms with van der Waals surface area (Å²) in [7, 11) is 1.63. The Balaban J connectivity index is 1.33. The number of rotatable bonds is 6. The zero-order valence-electron chi connectivity index (χ0n) is 18.3. The van der Waals surface area contributed by atoms with E-state index in [2.05, 4.69) is 20.6 Å². The summed E-state index contributed by atoms with van der Waals surface area (Å²) in [6, 6.07) is 19.5. The number of aryl methyl sites for hydroxylation is 1. The molecule has 1 amide bonds. The third-order valence-corrected chi connectivity index (χ3v) is 5.37. The molecule has 2 aromatic heterocycles. The average molecular weight is 438 g/mol. The molecule has 1 N–H and O–H groups in total. The lowest BCUT2D eigenvalue weighted by molar-refractivity contribution is -0.116. The van der Waals surface area contributed by atoms with Crippen LogP contribution in [0.1, 0.15) is 5.69 Å². The van der Waals surface area contributed by atoms with Gasteiger partial charge < -0.3 is 14.6 Å². The molecular formula is C25H22N6O2. The third-order valence-electron chi connectivity index (χ3n) is 5.37. The molecule has 5 rings (SSSR count). The van der Waals surface area contributed by atoms with Crippen molar-refractivity contribution in [3.05, 3.63) is 85.1 Å². The van der Waals surface area contributed by atoms with E-state index >= 15 is 0 Å². The Morgan fingerprint density at radius 1 is 1.06 bits per heavy atom. The van der Waals surface area contributed by atoms with Gasteiger partial charge in [-0.05, 0) is 30.5 Å². The van der Waals surface area contributed by atoms with Crippen LogP contribution in [0.15, 0.2) is 79.4 Å². The molecular weight excluding hydrogens is 416 g/mol. The fraction of sp³-hybridized carbons (Fsp3) is 0.120. The van der Waals surface area contributed by atoms with Crippen LogP contribution in [0.2, 0.25) is 0 Å². The quantitative estimate of drug-likeness (QED) is 0.429. The van der Waals surface area contributed by atoms with Gasteiger partial charge >= 0.3 is 0 Å². The van der Waals surface area contributed by atoms with Crippen LogP contribution in [0.25, 0.3) is 27.7 Å². The van der Waals surface area contributed by atoms with Crippen molar-refractivity contribution in [2.24, 2.45) is 0 Å². The molecule has 0 radical (unpaired) electrons. The largest absolute Gasteiger partial charge is 0.495 e. The number of imidazole rings is 1. The number of hydrogen-bond acceptors (Lipinski definition) is 5. The first-order chi connectivity index (χ1) is 16.1. The highest BCUT2D eigenvalue weighted by Crippen LogP contribution is 2.29. The van der Waals surface area contributed by atoms with Gasteiger partial charge in [-0.1, -0.05) is 47.7 Å².